The molecule has 1 unspecified atom stereocenters. The third kappa shape index (κ3) is 3.23. The van der Waals surface area contributed by atoms with Crippen LogP contribution in [0.2, 0.25) is 0 Å². The van der Waals surface area contributed by atoms with E-state index in [1.807, 2.05) is 10.9 Å². The molecule has 0 saturated heterocycles. The number of anilines is 1. The molecule has 16 heavy (non-hydrogen) atoms. The Labute approximate surface area is 97.6 Å². The summed E-state index contributed by atoms with van der Waals surface area (Å²) in [5, 5.41) is 7.86. The summed E-state index contributed by atoms with van der Waals surface area (Å²) in [5.41, 5.74) is 1.15. The molecule has 1 aromatic rings. The molecule has 1 N–H and O–H groups in total. The number of aromatic nitrogens is 2. The van der Waals surface area contributed by atoms with Gasteiger partial charge in [-0.2, -0.15) is 5.10 Å². The molecule has 1 aromatic heterocycles. The first kappa shape index (κ1) is 11.5. The predicted octanol–water partition coefficient (Wildman–Crippen LogP) is 1.66. The SMILES string of the molecule is CC(Nc1cnn(CCN(C)C)c1)C1CC1. The van der Waals surface area contributed by atoms with Crippen molar-refractivity contribution in [2.45, 2.75) is 32.4 Å². The minimum atomic E-state index is 0.589. The van der Waals surface area contributed by atoms with Gasteiger partial charge in [0, 0.05) is 18.8 Å². The van der Waals surface area contributed by atoms with Crippen LogP contribution in [0.4, 0.5) is 5.69 Å². The van der Waals surface area contributed by atoms with E-state index in [2.05, 4.69) is 42.5 Å². The Morgan fingerprint density at radius 1 is 1.56 bits per heavy atom. The van der Waals surface area contributed by atoms with Gasteiger partial charge >= 0.3 is 0 Å². The fourth-order valence-corrected chi connectivity index (χ4v) is 1.84. The standard InChI is InChI=1S/C12H22N4/c1-10(11-4-5-11)14-12-8-13-16(9-12)7-6-15(2)3/h8-11,14H,4-7H2,1-3H3. The van der Waals surface area contributed by atoms with Gasteiger partial charge in [0.25, 0.3) is 0 Å². The molecule has 4 heteroatoms. The van der Waals surface area contributed by atoms with Crippen LogP contribution in [-0.4, -0.2) is 41.4 Å². The maximum Gasteiger partial charge on any atom is 0.0728 e. The van der Waals surface area contributed by atoms with Gasteiger partial charge in [0.1, 0.15) is 0 Å². The molecule has 1 atom stereocenters. The highest BCUT2D eigenvalue weighted by molar-refractivity contribution is 5.39. The van der Waals surface area contributed by atoms with Crippen molar-refractivity contribution in [2.24, 2.45) is 5.92 Å². The van der Waals surface area contributed by atoms with E-state index in [1.54, 1.807) is 0 Å². The van der Waals surface area contributed by atoms with Crippen LogP contribution in [0.25, 0.3) is 0 Å². The highest BCUT2D eigenvalue weighted by Crippen LogP contribution is 2.33. The van der Waals surface area contributed by atoms with Gasteiger partial charge in [-0.1, -0.05) is 0 Å². The first-order chi connectivity index (χ1) is 7.65. The zero-order valence-corrected chi connectivity index (χ0v) is 10.5. The van der Waals surface area contributed by atoms with Crippen LogP contribution < -0.4 is 5.32 Å². The number of hydrogen-bond donors (Lipinski definition) is 1. The summed E-state index contributed by atoms with van der Waals surface area (Å²) in [6, 6.07) is 0.589. The molecule has 1 fully saturated rings. The third-order valence-corrected chi connectivity index (χ3v) is 3.13. The first-order valence-electron chi connectivity index (χ1n) is 6.09. The summed E-state index contributed by atoms with van der Waals surface area (Å²) < 4.78 is 2.00. The molecule has 1 saturated carbocycles. The van der Waals surface area contributed by atoms with E-state index in [0.717, 1.165) is 24.7 Å². The average molecular weight is 222 g/mol. The quantitative estimate of drug-likeness (QED) is 0.794. The Kier molecular flexibility index (Phi) is 3.49. The lowest BCUT2D eigenvalue weighted by molar-refractivity contribution is 0.373. The van der Waals surface area contributed by atoms with Crippen LogP contribution in [-0.2, 0) is 6.54 Å². The third-order valence-electron chi connectivity index (χ3n) is 3.13. The van der Waals surface area contributed by atoms with Crippen molar-refractivity contribution in [3.05, 3.63) is 12.4 Å². The molecule has 4 nitrogen and oxygen atoms in total. The number of nitrogens with zero attached hydrogens (tertiary/aromatic N) is 3. The van der Waals surface area contributed by atoms with E-state index in [4.69, 9.17) is 0 Å². The molecule has 0 bridgehead atoms. The molecule has 0 spiro atoms. The second kappa shape index (κ2) is 4.87. The minimum absolute atomic E-state index is 0.589. The zero-order chi connectivity index (χ0) is 11.5. The Hall–Kier alpha value is -1.03. The molecule has 1 aliphatic rings. The van der Waals surface area contributed by atoms with Gasteiger partial charge in [0.15, 0.2) is 0 Å². The fourth-order valence-electron chi connectivity index (χ4n) is 1.84. The van der Waals surface area contributed by atoms with Crippen LogP contribution in [0, 0.1) is 5.92 Å². The predicted molar refractivity (Wildman–Crippen MR) is 66.6 cm³/mol. The number of hydrogen-bond acceptors (Lipinski definition) is 3. The van der Waals surface area contributed by atoms with Crippen molar-refractivity contribution in [2.75, 3.05) is 26.0 Å². The molecule has 0 radical (unpaired) electrons. The molecule has 1 aliphatic carbocycles. The summed E-state index contributed by atoms with van der Waals surface area (Å²) in [5.74, 6) is 0.880. The van der Waals surface area contributed by atoms with E-state index in [9.17, 15) is 0 Å². The van der Waals surface area contributed by atoms with Gasteiger partial charge in [-0.15, -0.1) is 0 Å². The van der Waals surface area contributed by atoms with Crippen molar-refractivity contribution in [3.8, 4) is 0 Å². The molecular weight excluding hydrogens is 200 g/mol. The molecule has 90 valence electrons. The Balaban J connectivity index is 1.81. The van der Waals surface area contributed by atoms with Crippen molar-refractivity contribution < 1.29 is 0 Å². The van der Waals surface area contributed by atoms with Gasteiger partial charge in [-0.05, 0) is 39.8 Å². The summed E-state index contributed by atoms with van der Waals surface area (Å²) in [4.78, 5) is 2.17. The van der Waals surface area contributed by atoms with Crippen LogP contribution in [0.3, 0.4) is 0 Å². The lowest BCUT2D eigenvalue weighted by atomic mass is 10.2. The van der Waals surface area contributed by atoms with E-state index in [-0.39, 0.29) is 0 Å². The lowest BCUT2D eigenvalue weighted by Crippen LogP contribution is -2.19. The Bertz CT molecular complexity index is 328. The van der Waals surface area contributed by atoms with E-state index >= 15 is 0 Å². The van der Waals surface area contributed by atoms with Crippen molar-refractivity contribution in [3.63, 3.8) is 0 Å². The highest BCUT2D eigenvalue weighted by Gasteiger charge is 2.27. The van der Waals surface area contributed by atoms with Crippen molar-refractivity contribution >= 4 is 5.69 Å². The van der Waals surface area contributed by atoms with Crippen molar-refractivity contribution in [1.82, 2.24) is 14.7 Å². The van der Waals surface area contributed by atoms with E-state index < -0.39 is 0 Å². The van der Waals surface area contributed by atoms with Crippen LogP contribution in [0.5, 0.6) is 0 Å². The second-order valence-corrected chi connectivity index (χ2v) is 5.07. The van der Waals surface area contributed by atoms with Crippen LogP contribution in [0.15, 0.2) is 12.4 Å². The largest absolute Gasteiger partial charge is 0.380 e. The van der Waals surface area contributed by atoms with Crippen LogP contribution in [0.1, 0.15) is 19.8 Å². The summed E-state index contributed by atoms with van der Waals surface area (Å²) in [7, 11) is 4.16. The van der Waals surface area contributed by atoms with Gasteiger partial charge in [0.05, 0.1) is 18.4 Å². The molecule has 0 aromatic carbocycles. The molecule has 2 rings (SSSR count). The fraction of sp³-hybridized carbons (Fsp3) is 0.750. The smallest absolute Gasteiger partial charge is 0.0728 e. The Morgan fingerprint density at radius 3 is 2.94 bits per heavy atom. The van der Waals surface area contributed by atoms with Crippen molar-refractivity contribution in [1.29, 1.82) is 0 Å². The van der Waals surface area contributed by atoms with E-state index in [0.29, 0.717) is 6.04 Å². The minimum Gasteiger partial charge on any atom is -0.380 e. The maximum absolute atomic E-state index is 4.35. The summed E-state index contributed by atoms with van der Waals surface area (Å²) in [6.45, 7) is 4.24. The number of rotatable bonds is 6. The van der Waals surface area contributed by atoms with Gasteiger partial charge in [0.2, 0.25) is 0 Å². The first-order valence-corrected chi connectivity index (χ1v) is 6.09. The van der Waals surface area contributed by atoms with Gasteiger partial charge in [-0.25, -0.2) is 0 Å². The molecular formula is C12H22N4. The normalized spacial score (nSPS) is 17.8. The van der Waals surface area contributed by atoms with Gasteiger partial charge < -0.3 is 10.2 Å². The maximum atomic E-state index is 4.35. The Morgan fingerprint density at radius 2 is 2.31 bits per heavy atom. The average Bonchev–Trinajstić information content (AvgIpc) is 2.98. The van der Waals surface area contributed by atoms with Gasteiger partial charge in [-0.3, -0.25) is 4.68 Å². The molecule has 0 aliphatic heterocycles. The zero-order valence-electron chi connectivity index (χ0n) is 10.5. The molecule has 0 amide bonds. The summed E-state index contributed by atoms with van der Waals surface area (Å²) in [6.07, 6.45) is 6.78. The lowest BCUT2D eigenvalue weighted by Gasteiger charge is -2.12. The topological polar surface area (TPSA) is 33.1 Å². The number of nitrogens with one attached hydrogen (secondary N) is 1. The van der Waals surface area contributed by atoms with E-state index in [1.165, 1.54) is 12.8 Å². The van der Waals surface area contributed by atoms with Crippen LogP contribution >= 0.6 is 0 Å². The second-order valence-electron chi connectivity index (χ2n) is 5.07. The molecule has 1 heterocycles. The summed E-state index contributed by atoms with van der Waals surface area (Å²) >= 11 is 0. The highest BCUT2D eigenvalue weighted by atomic mass is 15.3. The monoisotopic (exact) mass is 222 g/mol. The number of likely N-dealkylation sites (N-methyl/N-ethyl adjacent to an activating group) is 1.